The van der Waals surface area contributed by atoms with Gasteiger partial charge in [-0.25, -0.2) is 0 Å². The lowest BCUT2D eigenvalue weighted by molar-refractivity contribution is 0.112. The summed E-state index contributed by atoms with van der Waals surface area (Å²) in [6, 6.07) is 17.2. The highest BCUT2D eigenvalue weighted by Crippen LogP contribution is 2.12. The molecule has 0 radical (unpaired) electrons. The standard InChI is InChI=1S/C16H14O2/c17-13-15-8-4-10-16(12-15)18-11-5-9-14-6-2-1-3-7-14/h1-10,12-13H,11H2/b9-5+. The summed E-state index contributed by atoms with van der Waals surface area (Å²) in [7, 11) is 0. The Morgan fingerprint density at radius 2 is 1.72 bits per heavy atom. The minimum Gasteiger partial charge on any atom is -0.490 e. The summed E-state index contributed by atoms with van der Waals surface area (Å²) in [4.78, 5) is 10.6. The van der Waals surface area contributed by atoms with Crippen LogP contribution in [0.3, 0.4) is 0 Å². The van der Waals surface area contributed by atoms with Crippen molar-refractivity contribution >= 4 is 12.4 Å². The van der Waals surface area contributed by atoms with E-state index in [0.717, 1.165) is 11.8 Å². The van der Waals surface area contributed by atoms with E-state index in [9.17, 15) is 4.79 Å². The maximum atomic E-state index is 10.6. The molecule has 0 aliphatic carbocycles. The lowest BCUT2D eigenvalue weighted by Crippen LogP contribution is -1.93. The molecule has 0 fully saturated rings. The SMILES string of the molecule is O=Cc1cccc(OC/C=C/c2ccccc2)c1. The molecule has 0 spiro atoms. The molecular weight excluding hydrogens is 224 g/mol. The molecule has 0 saturated carbocycles. The molecule has 0 amide bonds. The number of hydrogen-bond acceptors (Lipinski definition) is 2. The summed E-state index contributed by atoms with van der Waals surface area (Å²) in [6.07, 6.45) is 4.76. The molecule has 0 saturated heterocycles. The van der Waals surface area contributed by atoms with Crippen LogP contribution in [0.25, 0.3) is 6.08 Å². The number of rotatable bonds is 5. The van der Waals surface area contributed by atoms with Crippen molar-refractivity contribution in [2.75, 3.05) is 6.61 Å². The first kappa shape index (κ1) is 12.1. The van der Waals surface area contributed by atoms with E-state index < -0.39 is 0 Å². The van der Waals surface area contributed by atoms with Gasteiger partial charge in [-0.2, -0.15) is 0 Å². The van der Waals surface area contributed by atoms with E-state index in [-0.39, 0.29) is 0 Å². The molecule has 2 aromatic rings. The van der Waals surface area contributed by atoms with Crippen LogP contribution in [-0.2, 0) is 0 Å². The second-order valence-corrected chi connectivity index (χ2v) is 3.81. The number of benzene rings is 2. The highest BCUT2D eigenvalue weighted by molar-refractivity contribution is 5.75. The number of carbonyl (C=O) groups is 1. The van der Waals surface area contributed by atoms with Gasteiger partial charge in [-0.1, -0.05) is 48.5 Å². The van der Waals surface area contributed by atoms with E-state index in [1.54, 1.807) is 18.2 Å². The van der Waals surface area contributed by atoms with Gasteiger partial charge in [0, 0.05) is 5.56 Å². The van der Waals surface area contributed by atoms with Crippen molar-refractivity contribution in [2.45, 2.75) is 0 Å². The average Bonchev–Trinajstić information content (AvgIpc) is 2.45. The molecule has 2 aromatic carbocycles. The van der Waals surface area contributed by atoms with Crippen LogP contribution >= 0.6 is 0 Å². The Bertz CT molecular complexity index is 530. The monoisotopic (exact) mass is 238 g/mol. The number of aldehydes is 1. The van der Waals surface area contributed by atoms with Gasteiger partial charge in [0.05, 0.1) is 0 Å². The van der Waals surface area contributed by atoms with E-state index in [1.165, 1.54) is 0 Å². The maximum absolute atomic E-state index is 10.6. The van der Waals surface area contributed by atoms with Gasteiger partial charge in [0.25, 0.3) is 0 Å². The first-order valence-electron chi connectivity index (χ1n) is 5.78. The van der Waals surface area contributed by atoms with Gasteiger partial charge in [-0.15, -0.1) is 0 Å². The topological polar surface area (TPSA) is 26.3 Å². The molecule has 0 heterocycles. The number of hydrogen-bond donors (Lipinski definition) is 0. The van der Waals surface area contributed by atoms with Gasteiger partial charge in [0.15, 0.2) is 0 Å². The molecule has 2 heteroatoms. The molecule has 0 atom stereocenters. The predicted octanol–water partition coefficient (Wildman–Crippen LogP) is 3.59. The molecule has 2 rings (SSSR count). The lowest BCUT2D eigenvalue weighted by atomic mass is 10.2. The van der Waals surface area contributed by atoms with Crippen LogP contribution in [0.4, 0.5) is 0 Å². The first-order chi connectivity index (χ1) is 8.88. The van der Waals surface area contributed by atoms with Crippen LogP contribution < -0.4 is 4.74 Å². The summed E-state index contributed by atoms with van der Waals surface area (Å²) < 4.78 is 5.52. The zero-order valence-electron chi connectivity index (χ0n) is 9.95. The third kappa shape index (κ3) is 3.59. The molecule has 0 bridgehead atoms. The number of ether oxygens (including phenoxy) is 1. The Hall–Kier alpha value is -2.35. The van der Waals surface area contributed by atoms with Gasteiger partial charge >= 0.3 is 0 Å². The van der Waals surface area contributed by atoms with E-state index in [0.29, 0.717) is 17.9 Å². The highest BCUT2D eigenvalue weighted by atomic mass is 16.5. The van der Waals surface area contributed by atoms with E-state index in [2.05, 4.69) is 0 Å². The quantitative estimate of drug-likeness (QED) is 0.744. The van der Waals surface area contributed by atoms with Crippen LogP contribution in [0.5, 0.6) is 5.75 Å². The van der Waals surface area contributed by atoms with Crippen molar-refractivity contribution in [1.82, 2.24) is 0 Å². The van der Waals surface area contributed by atoms with Gasteiger partial charge < -0.3 is 4.74 Å². The molecule has 2 nitrogen and oxygen atoms in total. The van der Waals surface area contributed by atoms with Crippen molar-refractivity contribution in [1.29, 1.82) is 0 Å². The van der Waals surface area contributed by atoms with Gasteiger partial charge in [0.1, 0.15) is 18.6 Å². The van der Waals surface area contributed by atoms with Crippen LogP contribution in [0, 0.1) is 0 Å². The molecule has 0 unspecified atom stereocenters. The minimum atomic E-state index is 0.483. The van der Waals surface area contributed by atoms with Crippen LogP contribution in [0.2, 0.25) is 0 Å². The lowest BCUT2D eigenvalue weighted by Gasteiger charge is -2.03. The van der Waals surface area contributed by atoms with Crippen molar-refractivity contribution in [3.8, 4) is 5.75 Å². The second kappa shape index (κ2) is 6.40. The van der Waals surface area contributed by atoms with Gasteiger partial charge in [-0.05, 0) is 23.8 Å². The molecule has 90 valence electrons. The fraction of sp³-hybridized carbons (Fsp3) is 0.0625. The van der Waals surface area contributed by atoms with Crippen molar-refractivity contribution < 1.29 is 9.53 Å². The Balaban J connectivity index is 1.88. The van der Waals surface area contributed by atoms with Crippen molar-refractivity contribution in [3.05, 3.63) is 71.8 Å². The normalized spacial score (nSPS) is 10.4. The zero-order chi connectivity index (χ0) is 12.6. The molecular formula is C16H14O2. The third-order valence-corrected chi connectivity index (χ3v) is 2.45. The van der Waals surface area contributed by atoms with E-state index in [1.807, 2.05) is 48.6 Å². The summed E-state index contributed by atoms with van der Waals surface area (Å²) >= 11 is 0. The second-order valence-electron chi connectivity index (χ2n) is 3.81. The van der Waals surface area contributed by atoms with Gasteiger partial charge in [-0.3, -0.25) is 4.79 Å². The first-order valence-corrected chi connectivity index (χ1v) is 5.78. The summed E-state index contributed by atoms with van der Waals surface area (Å²) in [5.41, 5.74) is 1.77. The zero-order valence-corrected chi connectivity index (χ0v) is 9.95. The summed E-state index contributed by atoms with van der Waals surface area (Å²) in [5.74, 6) is 0.706. The van der Waals surface area contributed by atoms with Crippen LogP contribution in [-0.4, -0.2) is 12.9 Å². The fourth-order valence-electron chi connectivity index (χ4n) is 1.57. The van der Waals surface area contributed by atoms with Crippen LogP contribution in [0.15, 0.2) is 60.7 Å². The molecule has 0 aliphatic heterocycles. The summed E-state index contributed by atoms with van der Waals surface area (Å²) in [5, 5.41) is 0. The average molecular weight is 238 g/mol. The van der Waals surface area contributed by atoms with E-state index in [4.69, 9.17) is 4.74 Å². The number of carbonyl (C=O) groups excluding carboxylic acids is 1. The van der Waals surface area contributed by atoms with Gasteiger partial charge in [0.2, 0.25) is 0 Å². The molecule has 0 aromatic heterocycles. The Morgan fingerprint density at radius 3 is 2.50 bits per heavy atom. The van der Waals surface area contributed by atoms with E-state index >= 15 is 0 Å². The Labute approximate surface area is 107 Å². The van der Waals surface area contributed by atoms with Crippen LogP contribution in [0.1, 0.15) is 15.9 Å². The Morgan fingerprint density at radius 1 is 0.944 bits per heavy atom. The smallest absolute Gasteiger partial charge is 0.150 e. The Kier molecular flexibility index (Phi) is 4.31. The highest BCUT2D eigenvalue weighted by Gasteiger charge is 1.94. The maximum Gasteiger partial charge on any atom is 0.150 e. The fourth-order valence-corrected chi connectivity index (χ4v) is 1.57. The molecule has 0 N–H and O–H groups in total. The summed E-state index contributed by atoms with van der Waals surface area (Å²) in [6.45, 7) is 0.483. The van der Waals surface area contributed by atoms with Crippen molar-refractivity contribution in [3.63, 3.8) is 0 Å². The third-order valence-electron chi connectivity index (χ3n) is 2.45. The van der Waals surface area contributed by atoms with Crippen molar-refractivity contribution in [2.24, 2.45) is 0 Å². The largest absolute Gasteiger partial charge is 0.490 e. The molecule has 18 heavy (non-hydrogen) atoms. The predicted molar refractivity (Wildman–Crippen MR) is 72.8 cm³/mol. The minimum absolute atomic E-state index is 0.483. The molecule has 0 aliphatic rings.